The number of hydrogen-bond acceptors (Lipinski definition) is 5. The molecule has 1 saturated carbocycles. The lowest BCUT2D eigenvalue weighted by molar-refractivity contribution is -0.140. The van der Waals surface area contributed by atoms with Crippen molar-refractivity contribution in [3.63, 3.8) is 0 Å². The number of ether oxygens (including phenoxy) is 1. The Balaban J connectivity index is 1.73. The molecule has 0 aliphatic heterocycles. The monoisotopic (exact) mass is 611 g/mol. The minimum absolute atomic E-state index is 0.0399. The molecule has 1 aliphatic rings. The van der Waals surface area contributed by atoms with Crippen LogP contribution in [0, 0.1) is 0 Å². The highest BCUT2D eigenvalue weighted by molar-refractivity contribution is 7.92. The Labute approximate surface area is 253 Å². The number of methoxy groups -OCH3 is 1. The van der Waals surface area contributed by atoms with Gasteiger partial charge in [0.25, 0.3) is 0 Å². The van der Waals surface area contributed by atoms with Gasteiger partial charge in [-0.05, 0) is 48.2 Å². The van der Waals surface area contributed by atoms with Crippen LogP contribution < -0.4 is 14.4 Å². The molecule has 0 radical (unpaired) electrons. The zero-order valence-corrected chi connectivity index (χ0v) is 25.6. The van der Waals surface area contributed by atoms with E-state index >= 15 is 0 Å². The lowest BCUT2D eigenvalue weighted by Crippen LogP contribution is -2.55. The predicted octanol–water partition coefficient (Wildman–Crippen LogP) is 5.20. The molecule has 1 aliphatic carbocycles. The van der Waals surface area contributed by atoms with Crippen molar-refractivity contribution < 1.29 is 22.7 Å². The highest BCUT2D eigenvalue weighted by atomic mass is 35.5. The van der Waals surface area contributed by atoms with E-state index in [2.05, 4.69) is 5.32 Å². The smallest absolute Gasteiger partial charge is 0.244 e. The molecule has 0 bridgehead atoms. The number of carbonyl (C=O) groups excluding carboxylic acids is 2. The third kappa shape index (κ3) is 8.49. The van der Waals surface area contributed by atoms with Crippen LogP contribution in [-0.4, -0.2) is 57.1 Å². The van der Waals surface area contributed by atoms with Crippen LogP contribution in [0.4, 0.5) is 5.69 Å². The lowest BCUT2D eigenvalue weighted by Gasteiger charge is -2.35. The van der Waals surface area contributed by atoms with E-state index in [4.69, 9.17) is 16.3 Å². The Morgan fingerprint density at radius 3 is 2.21 bits per heavy atom. The Morgan fingerprint density at radius 2 is 1.57 bits per heavy atom. The summed E-state index contributed by atoms with van der Waals surface area (Å²) in [6, 6.07) is 22.4. The molecule has 0 spiro atoms. The highest BCUT2D eigenvalue weighted by Crippen LogP contribution is 2.30. The molecule has 2 amide bonds. The van der Waals surface area contributed by atoms with E-state index in [0.717, 1.165) is 53.8 Å². The average Bonchev–Trinajstić information content (AvgIpc) is 2.99. The van der Waals surface area contributed by atoms with Crippen LogP contribution in [0.1, 0.15) is 43.2 Å². The molecule has 0 aromatic heterocycles. The maximum Gasteiger partial charge on any atom is 0.244 e. The summed E-state index contributed by atoms with van der Waals surface area (Å²) in [6.45, 7) is -0.413. The van der Waals surface area contributed by atoms with Crippen LogP contribution in [0.5, 0.6) is 5.75 Å². The number of sulfonamides is 1. The summed E-state index contributed by atoms with van der Waals surface area (Å²) >= 11 is 6.13. The van der Waals surface area contributed by atoms with E-state index in [-0.39, 0.29) is 30.6 Å². The zero-order valence-electron chi connectivity index (χ0n) is 24.0. The molecule has 8 nitrogen and oxygen atoms in total. The van der Waals surface area contributed by atoms with Gasteiger partial charge in [0.05, 0.1) is 19.1 Å². The first-order valence-electron chi connectivity index (χ1n) is 14.1. The SMILES string of the molecule is COc1ccccc1N(CC(=O)N(Cc1ccc(Cl)cc1)[C@H](Cc1ccccc1)C(=O)NC1CCCCC1)S(C)(=O)=O. The molecule has 1 fully saturated rings. The first kappa shape index (κ1) is 31.4. The maximum atomic E-state index is 14.2. The van der Waals surface area contributed by atoms with E-state index in [9.17, 15) is 18.0 Å². The van der Waals surface area contributed by atoms with Crippen molar-refractivity contribution in [1.29, 1.82) is 0 Å². The number of amides is 2. The number of nitrogens with one attached hydrogen (secondary N) is 1. The van der Waals surface area contributed by atoms with Crippen molar-refractivity contribution in [3.8, 4) is 5.75 Å². The number of hydrogen-bond donors (Lipinski definition) is 1. The summed E-state index contributed by atoms with van der Waals surface area (Å²) in [5.74, 6) is -0.451. The van der Waals surface area contributed by atoms with Crippen LogP contribution in [0.3, 0.4) is 0 Å². The fraction of sp³-hybridized carbons (Fsp3) is 0.375. The van der Waals surface area contributed by atoms with Gasteiger partial charge < -0.3 is 15.0 Å². The van der Waals surface area contributed by atoms with Gasteiger partial charge in [0.1, 0.15) is 18.3 Å². The second-order valence-electron chi connectivity index (χ2n) is 10.6. The Kier molecular flexibility index (Phi) is 10.9. The third-order valence-electron chi connectivity index (χ3n) is 7.52. The van der Waals surface area contributed by atoms with E-state index in [1.807, 2.05) is 30.3 Å². The fourth-order valence-corrected chi connectivity index (χ4v) is 6.29. The van der Waals surface area contributed by atoms with E-state index in [1.165, 1.54) is 12.0 Å². The van der Waals surface area contributed by atoms with Crippen molar-refractivity contribution in [2.45, 2.75) is 57.2 Å². The normalized spacial score (nSPS) is 14.5. The van der Waals surface area contributed by atoms with Gasteiger partial charge in [0, 0.05) is 24.0 Å². The highest BCUT2D eigenvalue weighted by Gasteiger charge is 2.34. The fourth-order valence-electron chi connectivity index (χ4n) is 5.32. The van der Waals surface area contributed by atoms with Crippen molar-refractivity contribution in [2.24, 2.45) is 0 Å². The Morgan fingerprint density at radius 1 is 0.929 bits per heavy atom. The van der Waals surface area contributed by atoms with Crippen LogP contribution in [0.2, 0.25) is 5.02 Å². The Bertz CT molecular complexity index is 1440. The molecule has 10 heteroatoms. The van der Waals surface area contributed by atoms with Crippen LogP contribution >= 0.6 is 11.6 Å². The first-order chi connectivity index (χ1) is 20.2. The van der Waals surface area contributed by atoms with Gasteiger partial charge in [0.2, 0.25) is 21.8 Å². The number of benzene rings is 3. The van der Waals surface area contributed by atoms with Gasteiger partial charge in [-0.1, -0.05) is 85.5 Å². The summed E-state index contributed by atoms with van der Waals surface area (Å²) in [4.78, 5) is 29.7. The number of anilines is 1. The van der Waals surface area contributed by atoms with E-state index in [1.54, 1.807) is 48.5 Å². The van der Waals surface area contributed by atoms with Gasteiger partial charge >= 0.3 is 0 Å². The van der Waals surface area contributed by atoms with Crippen LogP contribution in [-0.2, 0) is 32.6 Å². The number of para-hydroxylation sites is 2. The molecule has 0 heterocycles. The van der Waals surface area contributed by atoms with Crippen molar-refractivity contribution in [3.05, 3.63) is 95.0 Å². The number of rotatable bonds is 12. The Hall–Kier alpha value is -3.56. The first-order valence-corrected chi connectivity index (χ1v) is 16.4. The van der Waals surface area contributed by atoms with Crippen LogP contribution in [0.15, 0.2) is 78.9 Å². The van der Waals surface area contributed by atoms with Gasteiger partial charge in [-0.15, -0.1) is 0 Å². The largest absolute Gasteiger partial charge is 0.495 e. The molecule has 4 rings (SSSR count). The van der Waals surface area contributed by atoms with Gasteiger partial charge in [-0.2, -0.15) is 0 Å². The average molecular weight is 612 g/mol. The number of nitrogens with zero attached hydrogens (tertiary/aromatic N) is 2. The molecular formula is C32H38ClN3O5S. The molecule has 3 aromatic rings. The zero-order chi connectivity index (χ0) is 30.1. The minimum atomic E-state index is -3.90. The van der Waals surface area contributed by atoms with Crippen molar-refractivity contribution in [2.75, 3.05) is 24.2 Å². The molecule has 1 N–H and O–H groups in total. The third-order valence-corrected chi connectivity index (χ3v) is 8.90. The van der Waals surface area contributed by atoms with Crippen molar-refractivity contribution in [1.82, 2.24) is 10.2 Å². The lowest BCUT2D eigenvalue weighted by atomic mass is 9.94. The van der Waals surface area contributed by atoms with Gasteiger partial charge in [-0.25, -0.2) is 8.42 Å². The van der Waals surface area contributed by atoms with Crippen LogP contribution in [0.25, 0.3) is 0 Å². The molecule has 224 valence electrons. The summed E-state index contributed by atoms with van der Waals surface area (Å²) in [5, 5.41) is 3.75. The molecule has 3 aromatic carbocycles. The second-order valence-corrected chi connectivity index (χ2v) is 13.0. The van der Waals surface area contributed by atoms with E-state index < -0.39 is 28.5 Å². The van der Waals surface area contributed by atoms with Crippen molar-refractivity contribution >= 4 is 39.1 Å². The maximum absolute atomic E-state index is 14.2. The number of carbonyl (C=O) groups is 2. The molecule has 42 heavy (non-hydrogen) atoms. The topological polar surface area (TPSA) is 96.0 Å². The number of halogens is 1. The minimum Gasteiger partial charge on any atom is -0.495 e. The molecule has 0 saturated heterocycles. The summed E-state index contributed by atoms with van der Waals surface area (Å²) < 4.78 is 32.5. The second kappa shape index (κ2) is 14.6. The summed E-state index contributed by atoms with van der Waals surface area (Å²) in [7, 11) is -2.45. The van der Waals surface area contributed by atoms with E-state index in [0.29, 0.717) is 10.8 Å². The molecule has 0 unspecified atom stereocenters. The molecular weight excluding hydrogens is 574 g/mol. The quantitative estimate of drug-likeness (QED) is 0.304. The standard InChI is InChI=1S/C32H38ClN3O5S/c1-41-30-16-10-9-15-28(30)36(42(2,39)40)23-31(37)35(22-25-17-19-26(33)20-18-25)29(21-24-11-5-3-6-12-24)32(38)34-27-13-7-4-8-14-27/h3,5-6,9-12,15-20,27,29H,4,7-8,13-14,21-23H2,1-2H3,(H,34,38)/t29-/m1/s1. The molecule has 1 atom stereocenters. The summed E-state index contributed by atoms with van der Waals surface area (Å²) in [5.41, 5.74) is 1.90. The summed E-state index contributed by atoms with van der Waals surface area (Å²) in [6.07, 6.45) is 6.34. The van der Waals surface area contributed by atoms with Gasteiger partial charge in [0.15, 0.2) is 0 Å². The van der Waals surface area contributed by atoms with Gasteiger partial charge in [-0.3, -0.25) is 13.9 Å². The predicted molar refractivity (Wildman–Crippen MR) is 166 cm³/mol.